The molecule has 0 bridgehead atoms. The fourth-order valence-corrected chi connectivity index (χ4v) is 3.21. The highest BCUT2D eigenvalue weighted by Crippen LogP contribution is 2.38. The van der Waals surface area contributed by atoms with Gasteiger partial charge in [-0.05, 0) is 28.8 Å². The van der Waals surface area contributed by atoms with E-state index < -0.39 is 5.54 Å². The maximum absolute atomic E-state index is 12.0. The SMILES string of the molecule is COc1ccc(C2(NC(=O)CN)Cc3ccccc3C2)cc1.Cl. The molecule has 0 heterocycles. The Labute approximate surface area is 142 Å². The van der Waals surface area contributed by atoms with Crippen LogP contribution >= 0.6 is 12.4 Å². The largest absolute Gasteiger partial charge is 0.497 e. The first-order valence-corrected chi connectivity index (χ1v) is 7.39. The minimum Gasteiger partial charge on any atom is -0.497 e. The van der Waals surface area contributed by atoms with Crippen molar-refractivity contribution in [1.29, 1.82) is 0 Å². The molecule has 4 nitrogen and oxygen atoms in total. The molecule has 1 aliphatic carbocycles. The van der Waals surface area contributed by atoms with E-state index in [4.69, 9.17) is 10.5 Å². The highest BCUT2D eigenvalue weighted by Gasteiger charge is 2.39. The van der Waals surface area contributed by atoms with Gasteiger partial charge in [0.05, 0.1) is 19.2 Å². The fourth-order valence-electron chi connectivity index (χ4n) is 3.21. The predicted octanol–water partition coefficient (Wildman–Crippen LogP) is 2.19. The second-order valence-electron chi connectivity index (χ2n) is 5.69. The lowest BCUT2D eigenvalue weighted by molar-refractivity contribution is -0.121. The third-order valence-corrected chi connectivity index (χ3v) is 4.31. The van der Waals surface area contributed by atoms with Gasteiger partial charge in [-0.3, -0.25) is 4.79 Å². The van der Waals surface area contributed by atoms with Crippen LogP contribution in [0.25, 0.3) is 0 Å². The summed E-state index contributed by atoms with van der Waals surface area (Å²) in [6.45, 7) is -0.00570. The van der Waals surface area contributed by atoms with E-state index in [0.29, 0.717) is 0 Å². The molecule has 0 spiro atoms. The number of hydrogen-bond acceptors (Lipinski definition) is 3. The van der Waals surface area contributed by atoms with E-state index in [1.54, 1.807) is 7.11 Å². The second-order valence-corrected chi connectivity index (χ2v) is 5.69. The van der Waals surface area contributed by atoms with Crippen LogP contribution in [0.15, 0.2) is 48.5 Å². The summed E-state index contributed by atoms with van der Waals surface area (Å²) in [5.74, 6) is 0.670. The Balaban J connectivity index is 0.00000192. The zero-order valence-electron chi connectivity index (χ0n) is 13.0. The lowest BCUT2D eigenvalue weighted by atomic mass is 9.86. The molecule has 2 aromatic rings. The van der Waals surface area contributed by atoms with E-state index in [2.05, 4.69) is 17.4 Å². The number of amides is 1. The van der Waals surface area contributed by atoms with Crippen LogP contribution in [0.5, 0.6) is 5.75 Å². The van der Waals surface area contributed by atoms with Gasteiger partial charge >= 0.3 is 0 Å². The van der Waals surface area contributed by atoms with Crippen molar-refractivity contribution in [2.75, 3.05) is 13.7 Å². The first-order chi connectivity index (χ1) is 10.7. The molecule has 3 N–H and O–H groups in total. The van der Waals surface area contributed by atoms with E-state index in [0.717, 1.165) is 24.2 Å². The summed E-state index contributed by atoms with van der Waals surface area (Å²) in [4.78, 5) is 12.0. The summed E-state index contributed by atoms with van der Waals surface area (Å²) in [6.07, 6.45) is 1.56. The molecule has 0 aliphatic heterocycles. The molecule has 0 saturated heterocycles. The molecule has 0 unspecified atom stereocenters. The van der Waals surface area contributed by atoms with Crippen LogP contribution < -0.4 is 15.8 Å². The van der Waals surface area contributed by atoms with E-state index in [9.17, 15) is 4.79 Å². The van der Waals surface area contributed by atoms with Gasteiger partial charge in [0.1, 0.15) is 5.75 Å². The third-order valence-electron chi connectivity index (χ3n) is 4.31. The number of benzene rings is 2. The van der Waals surface area contributed by atoms with Crippen molar-refractivity contribution in [3.05, 3.63) is 65.2 Å². The van der Waals surface area contributed by atoms with Gasteiger partial charge < -0.3 is 15.8 Å². The molecule has 122 valence electrons. The average molecular weight is 333 g/mol. The molecule has 0 aromatic heterocycles. The molecule has 5 heteroatoms. The van der Waals surface area contributed by atoms with Gasteiger partial charge in [-0.1, -0.05) is 36.4 Å². The van der Waals surface area contributed by atoms with E-state index in [1.807, 2.05) is 36.4 Å². The Hall–Kier alpha value is -2.04. The van der Waals surface area contributed by atoms with Gasteiger partial charge in [0.2, 0.25) is 5.91 Å². The Morgan fingerprint density at radius 1 is 1.13 bits per heavy atom. The molecule has 2 aromatic carbocycles. The highest BCUT2D eigenvalue weighted by molar-refractivity contribution is 5.85. The van der Waals surface area contributed by atoms with Crippen LogP contribution in [0.1, 0.15) is 16.7 Å². The normalized spacial score (nSPS) is 14.5. The fraction of sp³-hybridized carbons (Fsp3) is 0.278. The van der Waals surface area contributed by atoms with Crippen LogP contribution in [0.2, 0.25) is 0 Å². The van der Waals surface area contributed by atoms with Crippen LogP contribution in [0, 0.1) is 0 Å². The van der Waals surface area contributed by atoms with Crippen molar-refractivity contribution in [3.63, 3.8) is 0 Å². The number of carbonyl (C=O) groups is 1. The Morgan fingerprint density at radius 2 is 1.70 bits per heavy atom. The standard InChI is InChI=1S/C18H20N2O2.ClH/c1-22-16-8-6-15(7-9-16)18(20-17(21)12-19)10-13-4-2-3-5-14(13)11-18;/h2-9H,10-12,19H2,1H3,(H,20,21);1H. The molecular formula is C18H21ClN2O2. The lowest BCUT2D eigenvalue weighted by Gasteiger charge is -2.31. The zero-order valence-corrected chi connectivity index (χ0v) is 13.9. The predicted molar refractivity (Wildman–Crippen MR) is 93.0 cm³/mol. The van der Waals surface area contributed by atoms with Gasteiger partial charge in [0, 0.05) is 12.8 Å². The number of carbonyl (C=O) groups excluding carboxylic acids is 1. The maximum atomic E-state index is 12.0. The summed E-state index contributed by atoms with van der Waals surface area (Å²) in [5.41, 5.74) is 8.70. The van der Waals surface area contributed by atoms with Gasteiger partial charge in [0.15, 0.2) is 0 Å². The van der Waals surface area contributed by atoms with E-state index in [-0.39, 0.29) is 24.9 Å². The number of halogens is 1. The maximum Gasteiger partial charge on any atom is 0.234 e. The molecule has 0 fully saturated rings. The van der Waals surface area contributed by atoms with Crippen molar-refractivity contribution in [3.8, 4) is 5.75 Å². The number of ether oxygens (including phenoxy) is 1. The molecule has 0 atom stereocenters. The van der Waals surface area contributed by atoms with Crippen molar-refractivity contribution in [2.24, 2.45) is 5.73 Å². The zero-order chi connectivity index (χ0) is 15.6. The second kappa shape index (κ2) is 7.02. The Morgan fingerprint density at radius 3 is 2.17 bits per heavy atom. The van der Waals surface area contributed by atoms with Gasteiger partial charge in [-0.15, -0.1) is 12.4 Å². The third kappa shape index (κ3) is 3.33. The highest BCUT2D eigenvalue weighted by atomic mass is 35.5. The first kappa shape index (κ1) is 17.3. The molecule has 1 aliphatic rings. The molecule has 0 radical (unpaired) electrons. The first-order valence-electron chi connectivity index (χ1n) is 7.39. The van der Waals surface area contributed by atoms with Gasteiger partial charge in [0.25, 0.3) is 0 Å². The summed E-state index contributed by atoms with van der Waals surface area (Å²) < 4.78 is 5.22. The van der Waals surface area contributed by atoms with Crippen LogP contribution in [-0.4, -0.2) is 19.6 Å². The number of rotatable bonds is 4. The summed E-state index contributed by atoms with van der Waals surface area (Å²) >= 11 is 0. The molecular weight excluding hydrogens is 312 g/mol. The number of methoxy groups -OCH3 is 1. The lowest BCUT2D eigenvalue weighted by Crippen LogP contribution is -2.48. The van der Waals surface area contributed by atoms with Crippen LogP contribution in [-0.2, 0) is 23.2 Å². The number of nitrogens with one attached hydrogen (secondary N) is 1. The molecule has 0 saturated carbocycles. The van der Waals surface area contributed by atoms with Crippen molar-refractivity contribution in [1.82, 2.24) is 5.32 Å². The summed E-state index contributed by atoms with van der Waals surface area (Å²) in [5, 5.41) is 3.14. The van der Waals surface area contributed by atoms with E-state index >= 15 is 0 Å². The minimum absolute atomic E-state index is 0. The number of fused-ring (bicyclic) bond motifs is 1. The summed E-state index contributed by atoms with van der Waals surface area (Å²) in [7, 11) is 1.65. The molecule has 1 amide bonds. The number of nitrogens with two attached hydrogens (primary N) is 1. The quantitative estimate of drug-likeness (QED) is 0.902. The Bertz CT molecular complexity index is 661. The Kier molecular flexibility index (Phi) is 5.29. The molecule has 23 heavy (non-hydrogen) atoms. The average Bonchev–Trinajstić information content (AvgIpc) is 2.94. The minimum atomic E-state index is -0.424. The van der Waals surface area contributed by atoms with Crippen molar-refractivity contribution < 1.29 is 9.53 Å². The van der Waals surface area contributed by atoms with Crippen molar-refractivity contribution >= 4 is 18.3 Å². The van der Waals surface area contributed by atoms with Crippen molar-refractivity contribution in [2.45, 2.75) is 18.4 Å². The monoisotopic (exact) mass is 332 g/mol. The molecule has 3 rings (SSSR count). The van der Waals surface area contributed by atoms with Crippen LogP contribution in [0.3, 0.4) is 0 Å². The van der Waals surface area contributed by atoms with E-state index in [1.165, 1.54) is 11.1 Å². The van der Waals surface area contributed by atoms with Crippen LogP contribution in [0.4, 0.5) is 0 Å². The number of hydrogen-bond donors (Lipinski definition) is 2. The smallest absolute Gasteiger partial charge is 0.234 e. The van der Waals surface area contributed by atoms with Gasteiger partial charge in [-0.25, -0.2) is 0 Å². The topological polar surface area (TPSA) is 64.3 Å². The summed E-state index contributed by atoms with van der Waals surface area (Å²) in [6, 6.07) is 16.2. The van der Waals surface area contributed by atoms with Gasteiger partial charge in [-0.2, -0.15) is 0 Å².